The maximum Gasteiger partial charge on any atom is 0.237 e. The number of rotatable bonds is 7. The smallest absolute Gasteiger partial charge is 0.237 e. The molecule has 1 aliphatic heterocycles. The standard InChI is InChI=1S/C26H32N4O/c1-20-24(21(2)30(28-20)19-23-13-7-4-8-14-23)17-27-26(31)25-15-9-10-16-29(25)18-22-11-5-3-6-12-22/h3-8,11-14,25H,9-10,15-19H2,1-2H3,(H,27,31). The van der Waals surface area contributed by atoms with Gasteiger partial charge in [0.15, 0.2) is 0 Å². The van der Waals surface area contributed by atoms with Crippen LogP contribution in [0.4, 0.5) is 0 Å². The minimum Gasteiger partial charge on any atom is -0.351 e. The minimum absolute atomic E-state index is 0.0612. The van der Waals surface area contributed by atoms with Crippen LogP contribution in [0.2, 0.25) is 0 Å². The van der Waals surface area contributed by atoms with E-state index in [4.69, 9.17) is 5.10 Å². The molecule has 0 bridgehead atoms. The van der Waals surface area contributed by atoms with Gasteiger partial charge < -0.3 is 5.32 Å². The first-order chi connectivity index (χ1) is 15.1. The van der Waals surface area contributed by atoms with Crippen LogP contribution in [-0.4, -0.2) is 33.2 Å². The van der Waals surface area contributed by atoms with Crippen molar-refractivity contribution in [2.45, 2.75) is 58.8 Å². The van der Waals surface area contributed by atoms with E-state index in [0.29, 0.717) is 6.54 Å². The number of benzene rings is 2. The number of amides is 1. The van der Waals surface area contributed by atoms with Crippen molar-refractivity contribution in [3.05, 3.63) is 88.7 Å². The molecule has 5 nitrogen and oxygen atoms in total. The van der Waals surface area contributed by atoms with E-state index in [1.165, 1.54) is 11.1 Å². The highest BCUT2D eigenvalue weighted by Gasteiger charge is 2.28. The Labute approximate surface area is 185 Å². The predicted octanol–water partition coefficient (Wildman–Crippen LogP) is 4.22. The zero-order valence-electron chi connectivity index (χ0n) is 18.6. The van der Waals surface area contributed by atoms with Crippen LogP contribution in [0.3, 0.4) is 0 Å². The van der Waals surface area contributed by atoms with Gasteiger partial charge in [-0.2, -0.15) is 5.10 Å². The lowest BCUT2D eigenvalue weighted by Crippen LogP contribution is -2.48. The summed E-state index contributed by atoms with van der Waals surface area (Å²) in [4.78, 5) is 15.4. The van der Waals surface area contributed by atoms with Gasteiger partial charge in [-0.15, -0.1) is 0 Å². The number of nitrogens with zero attached hydrogens (tertiary/aromatic N) is 3. The van der Waals surface area contributed by atoms with Gasteiger partial charge in [0, 0.05) is 24.3 Å². The number of hydrogen-bond acceptors (Lipinski definition) is 3. The summed E-state index contributed by atoms with van der Waals surface area (Å²) in [6.07, 6.45) is 3.18. The molecule has 1 aliphatic rings. The fraction of sp³-hybridized carbons (Fsp3) is 0.385. The molecule has 5 heteroatoms. The van der Waals surface area contributed by atoms with Crippen molar-refractivity contribution in [3.8, 4) is 0 Å². The summed E-state index contributed by atoms with van der Waals surface area (Å²) >= 11 is 0. The SMILES string of the molecule is Cc1nn(Cc2ccccc2)c(C)c1CNC(=O)C1CCCCN1Cc1ccccc1. The highest BCUT2D eigenvalue weighted by molar-refractivity contribution is 5.81. The Hall–Kier alpha value is -2.92. The van der Waals surface area contributed by atoms with Crippen LogP contribution in [0.5, 0.6) is 0 Å². The van der Waals surface area contributed by atoms with Crippen molar-refractivity contribution < 1.29 is 4.79 Å². The van der Waals surface area contributed by atoms with E-state index >= 15 is 0 Å². The Morgan fingerprint density at radius 2 is 1.61 bits per heavy atom. The first-order valence-corrected chi connectivity index (χ1v) is 11.2. The van der Waals surface area contributed by atoms with Gasteiger partial charge in [0.25, 0.3) is 0 Å². The van der Waals surface area contributed by atoms with Crippen LogP contribution in [0.25, 0.3) is 0 Å². The van der Waals surface area contributed by atoms with E-state index in [0.717, 1.165) is 55.8 Å². The average Bonchev–Trinajstić information content (AvgIpc) is 3.06. The molecule has 0 aliphatic carbocycles. The normalized spacial score (nSPS) is 16.9. The number of likely N-dealkylation sites (tertiary alicyclic amines) is 1. The molecule has 3 aromatic rings. The summed E-state index contributed by atoms with van der Waals surface area (Å²) in [6.45, 7) is 7.19. The van der Waals surface area contributed by atoms with Crippen molar-refractivity contribution in [1.82, 2.24) is 20.0 Å². The molecule has 1 unspecified atom stereocenters. The Bertz CT molecular complexity index is 997. The number of aryl methyl sites for hydroxylation is 1. The van der Waals surface area contributed by atoms with Crippen molar-refractivity contribution in [3.63, 3.8) is 0 Å². The van der Waals surface area contributed by atoms with Crippen LogP contribution < -0.4 is 5.32 Å². The van der Waals surface area contributed by atoms with Gasteiger partial charge in [0.05, 0.1) is 18.3 Å². The first kappa shape index (κ1) is 21.3. The molecular weight excluding hydrogens is 384 g/mol. The topological polar surface area (TPSA) is 50.2 Å². The van der Waals surface area contributed by atoms with Crippen LogP contribution in [0.15, 0.2) is 60.7 Å². The second-order valence-corrected chi connectivity index (χ2v) is 8.48. The van der Waals surface area contributed by atoms with Crippen molar-refractivity contribution in [2.75, 3.05) is 6.54 Å². The van der Waals surface area contributed by atoms with Crippen LogP contribution in [0.1, 0.15) is 47.3 Å². The molecule has 0 radical (unpaired) electrons. The van der Waals surface area contributed by atoms with E-state index in [9.17, 15) is 4.79 Å². The van der Waals surface area contributed by atoms with Gasteiger partial charge in [-0.05, 0) is 44.4 Å². The zero-order valence-corrected chi connectivity index (χ0v) is 18.6. The summed E-state index contributed by atoms with van der Waals surface area (Å²) in [6, 6.07) is 20.7. The van der Waals surface area contributed by atoms with Crippen molar-refractivity contribution >= 4 is 5.91 Å². The highest BCUT2D eigenvalue weighted by atomic mass is 16.2. The Kier molecular flexibility index (Phi) is 6.82. The quantitative estimate of drug-likeness (QED) is 0.627. The number of aromatic nitrogens is 2. The van der Waals surface area contributed by atoms with Crippen LogP contribution in [-0.2, 0) is 24.4 Å². The molecule has 162 valence electrons. The highest BCUT2D eigenvalue weighted by Crippen LogP contribution is 2.21. The van der Waals surface area contributed by atoms with Gasteiger partial charge in [-0.1, -0.05) is 67.1 Å². The number of carbonyl (C=O) groups is 1. The van der Waals surface area contributed by atoms with Crippen molar-refractivity contribution in [2.24, 2.45) is 0 Å². The number of hydrogen-bond donors (Lipinski definition) is 1. The summed E-state index contributed by atoms with van der Waals surface area (Å²) in [5.74, 6) is 0.130. The van der Waals surface area contributed by atoms with Crippen LogP contribution in [0, 0.1) is 13.8 Å². The molecule has 0 spiro atoms. The Morgan fingerprint density at radius 1 is 0.968 bits per heavy atom. The fourth-order valence-electron chi connectivity index (χ4n) is 4.49. The summed E-state index contributed by atoms with van der Waals surface area (Å²) in [5, 5.41) is 7.93. The Balaban J connectivity index is 1.40. The molecule has 0 saturated carbocycles. The molecule has 2 aromatic carbocycles. The molecule has 1 saturated heterocycles. The average molecular weight is 417 g/mol. The maximum atomic E-state index is 13.1. The molecule has 1 N–H and O–H groups in total. The monoisotopic (exact) mass is 416 g/mol. The molecule has 4 rings (SSSR count). The molecule has 1 fully saturated rings. The lowest BCUT2D eigenvalue weighted by Gasteiger charge is -2.34. The molecule has 1 amide bonds. The molecule has 2 heterocycles. The van der Waals surface area contributed by atoms with Crippen LogP contribution >= 0.6 is 0 Å². The van der Waals surface area contributed by atoms with E-state index in [1.807, 2.05) is 35.9 Å². The molecular formula is C26H32N4O. The van der Waals surface area contributed by atoms with E-state index in [2.05, 4.69) is 53.5 Å². The zero-order chi connectivity index (χ0) is 21.6. The lowest BCUT2D eigenvalue weighted by molar-refractivity contribution is -0.128. The lowest BCUT2D eigenvalue weighted by atomic mass is 10.00. The number of piperidine rings is 1. The fourth-order valence-corrected chi connectivity index (χ4v) is 4.49. The van der Waals surface area contributed by atoms with E-state index < -0.39 is 0 Å². The second kappa shape index (κ2) is 9.92. The third-order valence-corrected chi connectivity index (χ3v) is 6.29. The summed E-state index contributed by atoms with van der Waals surface area (Å²) < 4.78 is 2.04. The minimum atomic E-state index is -0.0612. The molecule has 31 heavy (non-hydrogen) atoms. The first-order valence-electron chi connectivity index (χ1n) is 11.2. The predicted molar refractivity (Wildman–Crippen MR) is 124 cm³/mol. The summed E-state index contributed by atoms with van der Waals surface area (Å²) in [7, 11) is 0. The number of nitrogens with one attached hydrogen (secondary N) is 1. The van der Waals surface area contributed by atoms with Gasteiger partial charge in [0.2, 0.25) is 5.91 Å². The molecule has 1 aromatic heterocycles. The van der Waals surface area contributed by atoms with Gasteiger partial charge in [-0.25, -0.2) is 0 Å². The van der Waals surface area contributed by atoms with Gasteiger partial charge >= 0.3 is 0 Å². The van der Waals surface area contributed by atoms with Crippen molar-refractivity contribution in [1.29, 1.82) is 0 Å². The van der Waals surface area contributed by atoms with E-state index in [1.54, 1.807) is 0 Å². The number of carbonyl (C=O) groups excluding carboxylic acids is 1. The molecule has 1 atom stereocenters. The maximum absolute atomic E-state index is 13.1. The van der Waals surface area contributed by atoms with E-state index in [-0.39, 0.29) is 11.9 Å². The van der Waals surface area contributed by atoms with Gasteiger partial charge in [0.1, 0.15) is 0 Å². The Morgan fingerprint density at radius 3 is 2.29 bits per heavy atom. The second-order valence-electron chi connectivity index (χ2n) is 8.48. The largest absolute Gasteiger partial charge is 0.351 e. The third kappa shape index (κ3) is 5.23. The summed E-state index contributed by atoms with van der Waals surface area (Å²) in [5.41, 5.74) is 5.71. The third-order valence-electron chi connectivity index (χ3n) is 6.29. The van der Waals surface area contributed by atoms with Gasteiger partial charge in [-0.3, -0.25) is 14.4 Å².